The maximum absolute atomic E-state index is 12.4. The van der Waals surface area contributed by atoms with Gasteiger partial charge in [0, 0.05) is 22.6 Å². The van der Waals surface area contributed by atoms with Crippen molar-refractivity contribution < 1.29 is 4.79 Å². The highest BCUT2D eigenvalue weighted by atomic mass is 35.5. The van der Waals surface area contributed by atoms with Crippen molar-refractivity contribution in [2.45, 2.75) is 6.92 Å². The quantitative estimate of drug-likeness (QED) is 0.611. The van der Waals surface area contributed by atoms with Gasteiger partial charge in [0.1, 0.15) is 0 Å². The number of aryl methyl sites for hydroxylation is 1. The summed E-state index contributed by atoms with van der Waals surface area (Å²) in [4.78, 5) is 17.5. The van der Waals surface area contributed by atoms with E-state index >= 15 is 0 Å². The normalized spacial score (nSPS) is 16.9. The largest absolute Gasteiger partial charge is 0.317 e. The van der Waals surface area contributed by atoms with Gasteiger partial charge in [-0.1, -0.05) is 23.7 Å². The lowest BCUT2D eigenvalue weighted by Gasteiger charge is -2.06. The second-order valence-electron chi connectivity index (χ2n) is 6.10. The van der Waals surface area contributed by atoms with Crippen LogP contribution in [0, 0.1) is 6.92 Å². The number of aromatic nitrogens is 1. The van der Waals surface area contributed by atoms with Crippen LogP contribution in [0.15, 0.2) is 76.8 Å². The fraction of sp³-hybridized carbons (Fsp3) is 0.0476. The van der Waals surface area contributed by atoms with E-state index in [0.717, 1.165) is 22.6 Å². The average Bonchev–Trinajstić information content (AvgIpc) is 3.23. The first-order chi connectivity index (χ1) is 13.1. The highest BCUT2D eigenvalue weighted by Gasteiger charge is 2.24. The predicted octanol–water partition coefficient (Wildman–Crippen LogP) is 5.33. The zero-order valence-electron chi connectivity index (χ0n) is 14.5. The maximum atomic E-state index is 12.4. The van der Waals surface area contributed by atoms with Gasteiger partial charge in [0.2, 0.25) is 0 Å². The number of aliphatic imine (C=N–C) groups is 1. The van der Waals surface area contributed by atoms with Crippen LogP contribution in [-0.4, -0.2) is 15.6 Å². The number of halogens is 1. The molecule has 4 rings (SSSR count). The summed E-state index contributed by atoms with van der Waals surface area (Å²) in [5, 5.41) is 4.10. The molecule has 0 atom stereocenters. The molecule has 1 fully saturated rings. The number of carbonyl (C=O) groups is 1. The number of thioether (sulfide) groups is 1. The van der Waals surface area contributed by atoms with Crippen LogP contribution >= 0.6 is 23.4 Å². The number of rotatable bonds is 3. The van der Waals surface area contributed by atoms with Crippen LogP contribution in [0.4, 0.5) is 5.69 Å². The van der Waals surface area contributed by atoms with Gasteiger partial charge in [-0.25, -0.2) is 4.99 Å². The summed E-state index contributed by atoms with van der Waals surface area (Å²) < 4.78 is 2.01. The summed E-state index contributed by atoms with van der Waals surface area (Å²) in [5.41, 5.74) is 3.84. The molecule has 2 heterocycles. The number of amides is 1. The van der Waals surface area contributed by atoms with Gasteiger partial charge in [-0.3, -0.25) is 4.79 Å². The molecule has 0 spiro atoms. The molecule has 1 aliphatic heterocycles. The minimum Gasteiger partial charge on any atom is -0.317 e. The van der Waals surface area contributed by atoms with Crippen molar-refractivity contribution in [1.29, 1.82) is 0 Å². The second kappa shape index (κ2) is 7.47. The standard InChI is InChI=1S/C21H16ClN3OS/c1-14-4-2-5-16(12-14)23-21-24-20(26)19(27-21)13-18-6-3-11-25(18)17-9-7-15(22)8-10-17/h2-13H,1H3,(H,23,24,26)/b19-13-. The van der Waals surface area contributed by atoms with E-state index in [1.165, 1.54) is 11.8 Å². The molecule has 0 bridgehead atoms. The third kappa shape index (κ3) is 3.99. The summed E-state index contributed by atoms with van der Waals surface area (Å²) in [6.45, 7) is 2.01. The SMILES string of the molecule is Cc1cccc(N=C2NC(=O)/C(=C/c3cccn3-c3ccc(Cl)cc3)S2)c1. The van der Waals surface area contributed by atoms with Crippen molar-refractivity contribution in [2.75, 3.05) is 0 Å². The van der Waals surface area contributed by atoms with Gasteiger partial charge in [-0.15, -0.1) is 0 Å². The maximum Gasteiger partial charge on any atom is 0.264 e. The van der Waals surface area contributed by atoms with E-state index < -0.39 is 0 Å². The summed E-state index contributed by atoms with van der Waals surface area (Å²) in [6.07, 6.45) is 3.82. The first-order valence-corrected chi connectivity index (χ1v) is 9.57. The van der Waals surface area contributed by atoms with E-state index in [0.29, 0.717) is 15.1 Å². The van der Waals surface area contributed by atoms with Crippen LogP contribution in [0.5, 0.6) is 0 Å². The van der Waals surface area contributed by atoms with Gasteiger partial charge < -0.3 is 9.88 Å². The summed E-state index contributed by atoms with van der Waals surface area (Å²) in [5.74, 6) is -0.143. The minimum atomic E-state index is -0.143. The number of amidine groups is 1. The Morgan fingerprint density at radius 3 is 2.70 bits per heavy atom. The molecule has 0 saturated carbocycles. The lowest BCUT2D eigenvalue weighted by atomic mass is 10.2. The first kappa shape index (κ1) is 17.6. The molecule has 1 aromatic heterocycles. The molecule has 27 heavy (non-hydrogen) atoms. The minimum absolute atomic E-state index is 0.143. The van der Waals surface area contributed by atoms with Crippen LogP contribution in [0.25, 0.3) is 11.8 Å². The Hall–Kier alpha value is -2.76. The number of nitrogens with zero attached hydrogens (tertiary/aromatic N) is 2. The lowest BCUT2D eigenvalue weighted by molar-refractivity contribution is -0.115. The van der Waals surface area contributed by atoms with Crippen molar-refractivity contribution >= 4 is 46.2 Å². The van der Waals surface area contributed by atoms with E-state index in [1.54, 1.807) is 0 Å². The topological polar surface area (TPSA) is 46.4 Å². The first-order valence-electron chi connectivity index (χ1n) is 8.38. The fourth-order valence-electron chi connectivity index (χ4n) is 2.78. The molecule has 3 aromatic rings. The molecular formula is C21H16ClN3OS. The zero-order valence-corrected chi connectivity index (χ0v) is 16.1. The van der Waals surface area contributed by atoms with Gasteiger partial charge >= 0.3 is 0 Å². The molecule has 4 nitrogen and oxygen atoms in total. The van der Waals surface area contributed by atoms with E-state index in [4.69, 9.17) is 11.6 Å². The van der Waals surface area contributed by atoms with Crippen LogP contribution in [0.3, 0.4) is 0 Å². The molecular weight excluding hydrogens is 378 g/mol. The van der Waals surface area contributed by atoms with E-state index in [1.807, 2.05) is 84.4 Å². The highest BCUT2D eigenvalue weighted by molar-refractivity contribution is 8.18. The Kier molecular flexibility index (Phi) is 4.88. The number of hydrogen-bond donors (Lipinski definition) is 1. The molecule has 1 N–H and O–H groups in total. The predicted molar refractivity (Wildman–Crippen MR) is 113 cm³/mol. The lowest BCUT2D eigenvalue weighted by Crippen LogP contribution is -2.19. The Balaban J connectivity index is 1.61. The van der Waals surface area contributed by atoms with Crippen molar-refractivity contribution in [3.05, 3.63) is 88.0 Å². The second-order valence-corrected chi connectivity index (χ2v) is 7.57. The molecule has 6 heteroatoms. The van der Waals surface area contributed by atoms with Crippen molar-refractivity contribution in [1.82, 2.24) is 9.88 Å². The fourth-order valence-corrected chi connectivity index (χ4v) is 3.73. The Morgan fingerprint density at radius 2 is 1.93 bits per heavy atom. The van der Waals surface area contributed by atoms with Crippen molar-refractivity contribution in [2.24, 2.45) is 4.99 Å². The number of nitrogens with one attached hydrogen (secondary N) is 1. The molecule has 0 aliphatic carbocycles. The van der Waals surface area contributed by atoms with Gasteiger partial charge in [-0.05, 0) is 78.9 Å². The molecule has 0 unspecified atom stereocenters. The third-order valence-corrected chi connectivity index (χ3v) is 5.21. The summed E-state index contributed by atoms with van der Waals surface area (Å²) >= 11 is 7.31. The van der Waals surface area contributed by atoms with E-state index in [2.05, 4.69) is 10.3 Å². The Morgan fingerprint density at radius 1 is 1.11 bits per heavy atom. The highest BCUT2D eigenvalue weighted by Crippen LogP contribution is 2.29. The zero-order chi connectivity index (χ0) is 18.8. The summed E-state index contributed by atoms with van der Waals surface area (Å²) in [7, 11) is 0. The van der Waals surface area contributed by atoms with Crippen LogP contribution in [0.2, 0.25) is 5.02 Å². The molecule has 134 valence electrons. The summed E-state index contributed by atoms with van der Waals surface area (Å²) in [6, 6.07) is 19.3. The molecule has 1 saturated heterocycles. The van der Waals surface area contributed by atoms with Gasteiger partial charge in [0.15, 0.2) is 5.17 Å². The van der Waals surface area contributed by atoms with Crippen LogP contribution in [-0.2, 0) is 4.79 Å². The number of carbonyl (C=O) groups excluding carboxylic acids is 1. The van der Waals surface area contributed by atoms with Gasteiger partial charge in [-0.2, -0.15) is 0 Å². The molecule has 2 aromatic carbocycles. The monoisotopic (exact) mass is 393 g/mol. The van der Waals surface area contributed by atoms with E-state index in [9.17, 15) is 4.79 Å². The number of hydrogen-bond acceptors (Lipinski definition) is 3. The third-order valence-electron chi connectivity index (χ3n) is 4.05. The molecule has 0 radical (unpaired) electrons. The number of benzene rings is 2. The smallest absolute Gasteiger partial charge is 0.264 e. The molecule has 1 aliphatic rings. The van der Waals surface area contributed by atoms with Crippen molar-refractivity contribution in [3.63, 3.8) is 0 Å². The Labute approximate surface area is 166 Å². The van der Waals surface area contributed by atoms with Gasteiger partial charge in [0.25, 0.3) is 5.91 Å². The Bertz CT molecular complexity index is 1070. The van der Waals surface area contributed by atoms with Crippen LogP contribution in [0.1, 0.15) is 11.3 Å². The van der Waals surface area contributed by atoms with Crippen LogP contribution < -0.4 is 5.32 Å². The average molecular weight is 394 g/mol. The molecule has 1 amide bonds. The van der Waals surface area contributed by atoms with E-state index in [-0.39, 0.29) is 5.91 Å². The van der Waals surface area contributed by atoms with Gasteiger partial charge in [0.05, 0.1) is 10.6 Å². The van der Waals surface area contributed by atoms with Crippen molar-refractivity contribution in [3.8, 4) is 5.69 Å².